The molecule has 1 amide bonds. The molecule has 1 N–H and O–H groups in total. The number of hydrogen-bond donors (Lipinski definition) is 1. The van der Waals surface area contributed by atoms with Crippen molar-refractivity contribution < 1.29 is 9.53 Å². The van der Waals surface area contributed by atoms with E-state index in [1.165, 1.54) is 0 Å². The smallest absolute Gasteiger partial charge is 0.222 e. The molecule has 0 aromatic carbocycles. The molecule has 0 saturated carbocycles. The Balaban J connectivity index is 2.22. The highest BCUT2D eigenvalue weighted by Crippen LogP contribution is 1.99. The number of hydrogen-bond acceptors (Lipinski definition) is 3. The van der Waals surface area contributed by atoms with Gasteiger partial charge in [0.25, 0.3) is 0 Å². The first-order chi connectivity index (χ1) is 7.09. The largest absolute Gasteiger partial charge is 0.379 e. The average Bonchev–Trinajstić information content (AvgIpc) is 2.18. The van der Waals surface area contributed by atoms with E-state index in [0.717, 1.165) is 32.8 Å². The molecular weight excluding hydrogens is 192 g/mol. The van der Waals surface area contributed by atoms with E-state index >= 15 is 0 Å². The van der Waals surface area contributed by atoms with E-state index in [4.69, 9.17) is 4.74 Å². The van der Waals surface area contributed by atoms with Gasteiger partial charge < -0.3 is 10.1 Å². The van der Waals surface area contributed by atoms with Gasteiger partial charge in [0.1, 0.15) is 0 Å². The van der Waals surface area contributed by atoms with Crippen molar-refractivity contribution in [3.8, 4) is 0 Å². The summed E-state index contributed by atoms with van der Waals surface area (Å²) in [6.45, 7) is 10.4. The van der Waals surface area contributed by atoms with Crippen LogP contribution < -0.4 is 5.32 Å². The summed E-state index contributed by atoms with van der Waals surface area (Å²) < 4.78 is 5.27. The van der Waals surface area contributed by atoms with Crippen LogP contribution in [0.4, 0.5) is 0 Å². The number of ether oxygens (including phenoxy) is 1. The Morgan fingerprint density at radius 1 is 1.33 bits per heavy atom. The van der Waals surface area contributed by atoms with Crippen molar-refractivity contribution in [2.45, 2.75) is 26.8 Å². The van der Waals surface area contributed by atoms with Crippen molar-refractivity contribution in [3.05, 3.63) is 0 Å². The second kappa shape index (κ2) is 6.08. The second-order valence-corrected chi connectivity index (χ2v) is 4.48. The Labute approximate surface area is 92.0 Å². The summed E-state index contributed by atoms with van der Waals surface area (Å²) in [6, 6.07) is 0.220. The molecule has 0 spiro atoms. The van der Waals surface area contributed by atoms with Crippen LogP contribution >= 0.6 is 0 Å². The lowest BCUT2D eigenvalue weighted by Crippen LogP contribution is -2.46. The molecule has 0 aromatic rings. The molecule has 4 nitrogen and oxygen atoms in total. The number of nitrogens with one attached hydrogen (secondary N) is 1. The molecule has 0 aliphatic carbocycles. The molecule has 4 heteroatoms. The minimum Gasteiger partial charge on any atom is -0.379 e. The Hall–Kier alpha value is -0.610. The standard InChI is InChI=1S/C11H22N2O2/c1-9(2)11(14)12-10(3)8-13-4-6-15-7-5-13/h9-10H,4-8H2,1-3H3,(H,12,14). The van der Waals surface area contributed by atoms with Crippen LogP contribution in [0.25, 0.3) is 0 Å². The molecule has 1 aliphatic rings. The summed E-state index contributed by atoms with van der Waals surface area (Å²) in [6.07, 6.45) is 0. The third kappa shape index (κ3) is 4.62. The van der Waals surface area contributed by atoms with Crippen LogP contribution in [0, 0.1) is 5.92 Å². The summed E-state index contributed by atoms with van der Waals surface area (Å²) in [7, 11) is 0. The highest BCUT2D eigenvalue weighted by Gasteiger charge is 2.16. The number of amides is 1. The topological polar surface area (TPSA) is 41.6 Å². The van der Waals surface area contributed by atoms with Crippen molar-refractivity contribution in [3.63, 3.8) is 0 Å². The molecule has 1 heterocycles. The van der Waals surface area contributed by atoms with Crippen LogP contribution in [0.3, 0.4) is 0 Å². The molecule has 1 aliphatic heterocycles. The number of morpholine rings is 1. The van der Waals surface area contributed by atoms with E-state index in [-0.39, 0.29) is 17.9 Å². The molecule has 1 unspecified atom stereocenters. The minimum absolute atomic E-state index is 0.0668. The zero-order valence-electron chi connectivity index (χ0n) is 9.95. The third-order valence-corrected chi connectivity index (χ3v) is 2.55. The van der Waals surface area contributed by atoms with E-state index < -0.39 is 0 Å². The highest BCUT2D eigenvalue weighted by atomic mass is 16.5. The van der Waals surface area contributed by atoms with Crippen molar-refractivity contribution in [1.82, 2.24) is 10.2 Å². The molecule has 88 valence electrons. The Bertz CT molecular complexity index is 201. The first-order valence-corrected chi connectivity index (χ1v) is 5.70. The summed E-state index contributed by atoms with van der Waals surface area (Å²) in [4.78, 5) is 13.8. The SMILES string of the molecule is CC(CN1CCOCC1)NC(=O)C(C)C. The molecule has 1 saturated heterocycles. The Morgan fingerprint density at radius 2 is 1.93 bits per heavy atom. The molecule has 1 rings (SSSR count). The van der Waals surface area contributed by atoms with Gasteiger partial charge in [0.05, 0.1) is 13.2 Å². The van der Waals surface area contributed by atoms with Gasteiger partial charge in [-0.3, -0.25) is 9.69 Å². The summed E-state index contributed by atoms with van der Waals surface area (Å²) >= 11 is 0. The van der Waals surface area contributed by atoms with Gasteiger partial charge >= 0.3 is 0 Å². The van der Waals surface area contributed by atoms with Crippen LogP contribution in [-0.2, 0) is 9.53 Å². The predicted molar refractivity (Wildman–Crippen MR) is 59.7 cm³/mol. The molecule has 1 fully saturated rings. The number of carbonyl (C=O) groups is 1. The van der Waals surface area contributed by atoms with Crippen LogP contribution in [-0.4, -0.2) is 49.7 Å². The fraction of sp³-hybridized carbons (Fsp3) is 0.909. The van der Waals surface area contributed by atoms with Crippen molar-refractivity contribution in [2.75, 3.05) is 32.8 Å². The predicted octanol–water partition coefficient (Wildman–Crippen LogP) is 0.479. The Kier molecular flexibility index (Phi) is 5.05. The van der Waals surface area contributed by atoms with Gasteiger partial charge in [-0.1, -0.05) is 13.8 Å². The zero-order valence-corrected chi connectivity index (χ0v) is 9.95. The van der Waals surface area contributed by atoms with Crippen molar-refractivity contribution >= 4 is 5.91 Å². The molecule has 0 aromatic heterocycles. The van der Waals surface area contributed by atoms with Crippen molar-refractivity contribution in [1.29, 1.82) is 0 Å². The molecule has 15 heavy (non-hydrogen) atoms. The van der Waals surface area contributed by atoms with E-state index in [9.17, 15) is 4.79 Å². The zero-order chi connectivity index (χ0) is 11.3. The minimum atomic E-state index is 0.0668. The maximum atomic E-state index is 11.4. The van der Waals surface area contributed by atoms with Gasteiger partial charge in [-0.15, -0.1) is 0 Å². The maximum Gasteiger partial charge on any atom is 0.222 e. The van der Waals surface area contributed by atoms with Gasteiger partial charge in [-0.05, 0) is 6.92 Å². The number of carbonyl (C=O) groups excluding carboxylic acids is 1. The fourth-order valence-corrected chi connectivity index (χ4v) is 1.63. The van der Waals surface area contributed by atoms with Crippen LogP contribution in [0.5, 0.6) is 0 Å². The molecule has 0 radical (unpaired) electrons. The first-order valence-electron chi connectivity index (χ1n) is 5.70. The molecular formula is C11H22N2O2. The van der Waals surface area contributed by atoms with Gasteiger partial charge in [-0.2, -0.15) is 0 Å². The number of rotatable bonds is 4. The first kappa shape index (κ1) is 12.5. The lowest BCUT2D eigenvalue weighted by atomic mass is 10.2. The lowest BCUT2D eigenvalue weighted by molar-refractivity contribution is -0.124. The average molecular weight is 214 g/mol. The summed E-state index contributed by atoms with van der Waals surface area (Å²) in [5, 5.41) is 3.01. The lowest BCUT2D eigenvalue weighted by Gasteiger charge is -2.29. The maximum absolute atomic E-state index is 11.4. The van der Waals surface area contributed by atoms with E-state index in [1.807, 2.05) is 13.8 Å². The van der Waals surface area contributed by atoms with E-state index in [2.05, 4.69) is 17.1 Å². The van der Waals surface area contributed by atoms with Crippen LogP contribution in [0.2, 0.25) is 0 Å². The normalized spacial score (nSPS) is 20.3. The monoisotopic (exact) mass is 214 g/mol. The highest BCUT2D eigenvalue weighted by molar-refractivity contribution is 5.78. The van der Waals surface area contributed by atoms with Crippen LogP contribution in [0.1, 0.15) is 20.8 Å². The van der Waals surface area contributed by atoms with E-state index in [0.29, 0.717) is 0 Å². The number of nitrogens with zero attached hydrogens (tertiary/aromatic N) is 1. The second-order valence-electron chi connectivity index (χ2n) is 4.48. The Morgan fingerprint density at radius 3 is 2.47 bits per heavy atom. The van der Waals surface area contributed by atoms with Gasteiger partial charge in [0.2, 0.25) is 5.91 Å². The summed E-state index contributed by atoms with van der Waals surface area (Å²) in [5.41, 5.74) is 0. The fourth-order valence-electron chi connectivity index (χ4n) is 1.63. The quantitative estimate of drug-likeness (QED) is 0.740. The molecule has 0 bridgehead atoms. The van der Waals surface area contributed by atoms with Crippen LogP contribution in [0.15, 0.2) is 0 Å². The van der Waals surface area contributed by atoms with Crippen molar-refractivity contribution in [2.24, 2.45) is 5.92 Å². The summed E-state index contributed by atoms with van der Waals surface area (Å²) in [5.74, 6) is 0.202. The van der Waals surface area contributed by atoms with Gasteiger partial charge in [-0.25, -0.2) is 0 Å². The van der Waals surface area contributed by atoms with Gasteiger partial charge in [0.15, 0.2) is 0 Å². The molecule has 1 atom stereocenters. The third-order valence-electron chi connectivity index (χ3n) is 2.55. The van der Waals surface area contributed by atoms with E-state index in [1.54, 1.807) is 0 Å². The van der Waals surface area contributed by atoms with Gasteiger partial charge in [0, 0.05) is 31.6 Å².